The van der Waals surface area contributed by atoms with Crippen molar-refractivity contribution < 1.29 is 4.52 Å². The number of thiophene rings is 1. The first-order valence-corrected chi connectivity index (χ1v) is 6.30. The number of anilines is 1. The van der Waals surface area contributed by atoms with Crippen LogP contribution < -0.4 is 5.73 Å². The number of nitrogens with two attached hydrogens (primary N) is 1. The van der Waals surface area contributed by atoms with Gasteiger partial charge in [0.05, 0.1) is 4.88 Å². The number of hydrogen-bond acceptors (Lipinski definition) is 5. The van der Waals surface area contributed by atoms with Crippen molar-refractivity contribution in [3.63, 3.8) is 0 Å². The molecule has 0 bridgehead atoms. The second-order valence-corrected chi connectivity index (χ2v) is 5.24. The average Bonchev–Trinajstić information content (AvgIpc) is 2.98. The fourth-order valence-electron chi connectivity index (χ4n) is 1.62. The van der Waals surface area contributed by atoms with E-state index in [2.05, 4.69) is 17.1 Å². The van der Waals surface area contributed by atoms with Gasteiger partial charge in [0.25, 0.3) is 5.89 Å². The Balaban J connectivity index is 1.96. The number of benzene rings is 1. The molecule has 2 N–H and O–H groups in total. The molecule has 1 aromatic carbocycles. The molecule has 5 heteroatoms. The molecule has 3 aromatic rings. The normalized spacial score (nSPS) is 10.7. The summed E-state index contributed by atoms with van der Waals surface area (Å²) in [5.41, 5.74) is 7.23. The number of nitrogen functional groups attached to an aromatic ring is 1. The summed E-state index contributed by atoms with van der Waals surface area (Å²) in [4.78, 5) is 6.62. The van der Waals surface area contributed by atoms with Crippen molar-refractivity contribution in [2.45, 2.75) is 6.92 Å². The van der Waals surface area contributed by atoms with Crippen LogP contribution in [0, 0.1) is 6.92 Å². The Labute approximate surface area is 108 Å². The fraction of sp³-hybridized carbons (Fsp3) is 0.0769. The van der Waals surface area contributed by atoms with E-state index in [0.717, 1.165) is 10.4 Å². The highest BCUT2D eigenvalue weighted by Gasteiger charge is 2.11. The second kappa shape index (κ2) is 4.27. The van der Waals surface area contributed by atoms with Crippen LogP contribution in [0.4, 0.5) is 5.69 Å². The van der Waals surface area contributed by atoms with Crippen molar-refractivity contribution in [2.24, 2.45) is 0 Å². The zero-order valence-corrected chi connectivity index (χ0v) is 10.6. The van der Waals surface area contributed by atoms with Gasteiger partial charge in [-0.3, -0.25) is 0 Å². The summed E-state index contributed by atoms with van der Waals surface area (Å²) in [5.74, 6) is 1.14. The van der Waals surface area contributed by atoms with E-state index in [0.29, 0.717) is 17.4 Å². The molecule has 90 valence electrons. The molecule has 0 atom stereocenters. The molecule has 0 fully saturated rings. The molecule has 0 unspecified atom stereocenters. The third kappa shape index (κ3) is 2.00. The molecule has 18 heavy (non-hydrogen) atoms. The highest BCUT2D eigenvalue weighted by molar-refractivity contribution is 7.15. The van der Waals surface area contributed by atoms with Crippen LogP contribution in [0.1, 0.15) is 4.88 Å². The Morgan fingerprint density at radius 1 is 1.11 bits per heavy atom. The van der Waals surface area contributed by atoms with Gasteiger partial charge in [0.1, 0.15) is 0 Å². The highest BCUT2D eigenvalue weighted by Crippen LogP contribution is 2.27. The Morgan fingerprint density at radius 2 is 1.89 bits per heavy atom. The molecule has 0 aliphatic heterocycles. The summed E-state index contributed by atoms with van der Waals surface area (Å²) in [6.07, 6.45) is 0. The predicted octanol–water partition coefficient (Wildman–Crippen LogP) is 3.36. The lowest BCUT2D eigenvalue weighted by atomic mass is 10.2. The van der Waals surface area contributed by atoms with Gasteiger partial charge in [-0.15, -0.1) is 11.3 Å². The van der Waals surface area contributed by atoms with Crippen LogP contribution in [0.15, 0.2) is 40.9 Å². The van der Waals surface area contributed by atoms with Crippen molar-refractivity contribution in [3.05, 3.63) is 41.3 Å². The maximum Gasteiger partial charge on any atom is 0.258 e. The van der Waals surface area contributed by atoms with Gasteiger partial charge < -0.3 is 10.3 Å². The fourth-order valence-corrected chi connectivity index (χ4v) is 2.41. The Hall–Kier alpha value is -2.14. The van der Waals surface area contributed by atoms with Crippen LogP contribution in [0.3, 0.4) is 0 Å². The predicted molar refractivity (Wildman–Crippen MR) is 72.2 cm³/mol. The lowest BCUT2D eigenvalue weighted by molar-refractivity contribution is 0.432. The average molecular weight is 257 g/mol. The van der Waals surface area contributed by atoms with Crippen LogP contribution >= 0.6 is 11.3 Å². The van der Waals surface area contributed by atoms with Crippen molar-refractivity contribution in [1.29, 1.82) is 0 Å². The van der Waals surface area contributed by atoms with E-state index in [-0.39, 0.29) is 0 Å². The molecule has 0 aliphatic carbocycles. The number of nitrogens with zero attached hydrogens (tertiary/aromatic N) is 2. The zero-order valence-electron chi connectivity index (χ0n) is 9.75. The van der Waals surface area contributed by atoms with Crippen molar-refractivity contribution >= 4 is 17.0 Å². The first kappa shape index (κ1) is 11.0. The van der Waals surface area contributed by atoms with Crippen LogP contribution in [0.5, 0.6) is 0 Å². The Bertz CT molecular complexity index is 670. The van der Waals surface area contributed by atoms with E-state index in [1.807, 2.05) is 36.4 Å². The van der Waals surface area contributed by atoms with Gasteiger partial charge in [-0.2, -0.15) is 4.98 Å². The first-order chi connectivity index (χ1) is 8.72. The molecule has 0 amide bonds. The molecule has 0 saturated heterocycles. The van der Waals surface area contributed by atoms with Gasteiger partial charge in [-0.1, -0.05) is 5.16 Å². The van der Waals surface area contributed by atoms with Crippen LogP contribution in [-0.4, -0.2) is 10.1 Å². The smallest absolute Gasteiger partial charge is 0.258 e. The number of hydrogen-bond donors (Lipinski definition) is 1. The van der Waals surface area contributed by atoms with E-state index < -0.39 is 0 Å². The highest BCUT2D eigenvalue weighted by atomic mass is 32.1. The molecule has 3 rings (SSSR count). The molecule has 0 aliphatic rings. The van der Waals surface area contributed by atoms with E-state index in [4.69, 9.17) is 10.3 Å². The first-order valence-electron chi connectivity index (χ1n) is 5.49. The van der Waals surface area contributed by atoms with Gasteiger partial charge in [0, 0.05) is 16.1 Å². The van der Waals surface area contributed by atoms with E-state index in [9.17, 15) is 0 Å². The number of aromatic nitrogens is 2. The van der Waals surface area contributed by atoms with Gasteiger partial charge in [-0.05, 0) is 43.3 Å². The van der Waals surface area contributed by atoms with Crippen molar-refractivity contribution in [2.75, 3.05) is 5.73 Å². The van der Waals surface area contributed by atoms with Crippen LogP contribution in [-0.2, 0) is 0 Å². The molecular weight excluding hydrogens is 246 g/mol. The van der Waals surface area contributed by atoms with Crippen LogP contribution in [0.25, 0.3) is 22.2 Å². The summed E-state index contributed by atoms with van der Waals surface area (Å²) in [6.45, 7) is 2.05. The van der Waals surface area contributed by atoms with Crippen molar-refractivity contribution in [1.82, 2.24) is 10.1 Å². The quantitative estimate of drug-likeness (QED) is 0.715. The molecule has 0 radical (unpaired) electrons. The SMILES string of the molecule is Cc1ccc(-c2noc(-c3ccc(N)cc3)n2)s1. The van der Waals surface area contributed by atoms with Crippen LogP contribution in [0.2, 0.25) is 0 Å². The monoisotopic (exact) mass is 257 g/mol. The molecule has 4 nitrogen and oxygen atoms in total. The standard InChI is InChI=1S/C13H11N3OS/c1-8-2-7-11(18-8)12-15-13(17-16-12)9-3-5-10(14)6-4-9/h2-7H,14H2,1H3. The summed E-state index contributed by atoms with van der Waals surface area (Å²) >= 11 is 1.65. The minimum Gasteiger partial charge on any atom is -0.399 e. The minimum atomic E-state index is 0.510. The van der Waals surface area contributed by atoms with Gasteiger partial charge >= 0.3 is 0 Å². The summed E-state index contributed by atoms with van der Waals surface area (Å²) in [7, 11) is 0. The summed E-state index contributed by atoms with van der Waals surface area (Å²) in [6, 6.07) is 11.4. The third-order valence-corrected chi connectivity index (χ3v) is 3.54. The van der Waals surface area contributed by atoms with Crippen molar-refractivity contribution in [3.8, 4) is 22.2 Å². The largest absolute Gasteiger partial charge is 0.399 e. The lowest BCUT2D eigenvalue weighted by Crippen LogP contribution is -1.84. The van der Waals surface area contributed by atoms with E-state index in [1.165, 1.54) is 4.88 Å². The van der Waals surface area contributed by atoms with Gasteiger partial charge in [-0.25, -0.2) is 0 Å². The molecule has 2 heterocycles. The summed E-state index contributed by atoms with van der Waals surface area (Å²) in [5, 5.41) is 3.99. The zero-order chi connectivity index (χ0) is 12.5. The third-order valence-electron chi connectivity index (χ3n) is 2.54. The molecule has 0 saturated carbocycles. The second-order valence-electron chi connectivity index (χ2n) is 3.96. The maximum atomic E-state index is 5.64. The molecule has 2 aromatic heterocycles. The Morgan fingerprint density at radius 3 is 2.56 bits per heavy atom. The number of rotatable bonds is 2. The van der Waals surface area contributed by atoms with Gasteiger partial charge in [0.15, 0.2) is 0 Å². The molecular formula is C13H11N3OS. The van der Waals surface area contributed by atoms with E-state index >= 15 is 0 Å². The lowest BCUT2D eigenvalue weighted by Gasteiger charge is -1.94. The molecule has 0 spiro atoms. The number of aryl methyl sites for hydroxylation is 1. The van der Waals surface area contributed by atoms with E-state index in [1.54, 1.807) is 11.3 Å². The maximum absolute atomic E-state index is 5.64. The van der Waals surface area contributed by atoms with Gasteiger partial charge in [0.2, 0.25) is 5.82 Å². The summed E-state index contributed by atoms with van der Waals surface area (Å²) < 4.78 is 5.26. The minimum absolute atomic E-state index is 0.510. The Kier molecular flexibility index (Phi) is 2.60. The topological polar surface area (TPSA) is 64.9 Å².